The Morgan fingerprint density at radius 1 is 1.07 bits per heavy atom. The number of unbranched alkanes of at least 4 members (excludes halogenated alkanes) is 1. The number of carbonyl (C=O) groups is 3. The van der Waals surface area contributed by atoms with Crippen LogP contribution in [-0.4, -0.2) is 49.6 Å². The SMILES string of the molecule is CNC(=O)C(Cc1ccccc1)NC(=O)C(N)CCCCNC(=O)C(F)(F)F. The molecule has 0 saturated heterocycles. The van der Waals surface area contributed by atoms with Crippen LogP contribution in [0.4, 0.5) is 13.2 Å². The molecule has 0 bridgehead atoms. The molecule has 2 unspecified atom stereocenters. The van der Waals surface area contributed by atoms with Gasteiger partial charge in [0.2, 0.25) is 11.8 Å². The molecule has 0 fully saturated rings. The van der Waals surface area contributed by atoms with Crippen LogP contribution in [0.1, 0.15) is 24.8 Å². The second-order valence-electron chi connectivity index (χ2n) is 6.22. The zero-order valence-electron chi connectivity index (χ0n) is 15.5. The van der Waals surface area contributed by atoms with Crippen LogP contribution in [0.5, 0.6) is 0 Å². The molecule has 28 heavy (non-hydrogen) atoms. The summed E-state index contributed by atoms with van der Waals surface area (Å²) in [6, 6.07) is 7.43. The van der Waals surface area contributed by atoms with Gasteiger partial charge in [0.15, 0.2) is 0 Å². The molecular formula is C18H25F3N4O3. The maximum atomic E-state index is 12.2. The number of nitrogens with one attached hydrogen (secondary N) is 3. The van der Waals surface area contributed by atoms with Gasteiger partial charge in [0.1, 0.15) is 6.04 Å². The zero-order chi connectivity index (χ0) is 21.2. The number of benzene rings is 1. The van der Waals surface area contributed by atoms with E-state index in [-0.39, 0.29) is 25.3 Å². The quantitative estimate of drug-likeness (QED) is 0.430. The summed E-state index contributed by atoms with van der Waals surface area (Å²) < 4.78 is 36.1. The van der Waals surface area contributed by atoms with E-state index in [9.17, 15) is 27.6 Å². The highest BCUT2D eigenvalue weighted by molar-refractivity contribution is 5.89. The molecule has 5 N–H and O–H groups in total. The third-order valence-electron chi connectivity index (χ3n) is 3.98. The van der Waals surface area contributed by atoms with Crippen LogP contribution in [0.3, 0.4) is 0 Å². The molecule has 0 aliphatic rings. The molecule has 0 aromatic heterocycles. The summed E-state index contributed by atoms with van der Waals surface area (Å²) in [5.74, 6) is -2.88. The van der Waals surface area contributed by atoms with Crippen molar-refractivity contribution in [3.63, 3.8) is 0 Å². The van der Waals surface area contributed by atoms with Gasteiger partial charge in [-0.1, -0.05) is 30.3 Å². The van der Waals surface area contributed by atoms with Gasteiger partial charge in [-0.05, 0) is 24.8 Å². The van der Waals surface area contributed by atoms with Crippen molar-refractivity contribution in [2.75, 3.05) is 13.6 Å². The summed E-state index contributed by atoms with van der Waals surface area (Å²) in [6.45, 7) is -0.165. The van der Waals surface area contributed by atoms with Gasteiger partial charge in [0.05, 0.1) is 6.04 Å². The van der Waals surface area contributed by atoms with E-state index in [1.807, 2.05) is 30.3 Å². The number of nitrogens with two attached hydrogens (primary N) is 1. The number of hydrogen-bond acceptors (Lipinski definition) is 4. The van der Waals surface area contributed by atoms with Gasteiger partial charge in [-0.25, -0.2) is 0 Å². The topological polar surface area (TPSA) is 113 Å². The highest BCUT2D eigenvalue weighted by Gasteiger charge is 2.38. The van der Waals surface area contributed by atoms with Crippen molar-refractivity contribution >= 4 is 17.7 Å². The standard InChI is InChI=1S/C18H25F3N4O3/c1-23-16(27)14(11-12-7-3-2-4-8-12)25-15(26)13(22)9-5-6-10-24-17(28)18(19,20)21/h2-4,7-8,13-14H,5-6,9-11,22H2,1H3,(H,23,27)(H,24,28)(H,25,26). The minimum Gasteiger partial charge on any atom is -0.357 e. The minimum atomic E-state index is -4.91. The molecule has 156 valence electrons. The zero-order valence-corrected chi connectivity index (χ0v) is 15.5. The second-order valence-corrected chi connectivity index (χ2v) is 6.22. The molecule has 1 aromatic carbocycles. The van der Waals surface area contributed by atoms with Crippen molar-refractivity contribution in [2.45, 2.75) is 43.9 Å². The van der Waals surface area contributed by atoms with Gasteiger partial charge < -0.3 is 21.7 Å². The summed E-state index contributed by atoms with van der Waals surface area (Å²) in [7, 11) is 1.46. The normalized spacial score (nSPS) is 13.3. The van der Waals surface area contributed by atoms with Gasteiger partial charge in [-0.2, -0.15) is 13.2 Å². The third kappa shape index (κ3) is 8.38. The Balaban J connectivity index is 2.43. The highest BCUT2D eigenvalue weighted by atomic mass is 19.4. The number of rotatable bonds is 10. The predicted molar refractivity (Wildman–Crippen MR) is 97.0 cm³/mol. The summed E-state index contributed by atoms with van der Waals surface area (Å²) in [4.78, 5) is 34.9. The van der Waals surface area contributed by atoms with E-state index in [0.29, 0.717) is 12.8 Å². The van der Waals surface area contributed by atoms with Crippen molar-refractivity contribution < 1.29 is 27.6 Å². The van der Waals surface area contributed by atoms with Gasteiger partial charge >= 0.3 is 12.1 Å². The van der Waals surface area contributed by atoms with E-state index >= 15 is 0 Å². The molecule has 7 nitrogen and oxygen atoms in total. The minimum absolute atomic E-state index is 0.165. The van der Waals surface area contributed by atoms with Crippen LogP contribution in [-0.2, 0) is 20.8 Å². The number of likely N-dealkylation sites (N-methyl/N-ethyl adjacent to an activating group) is 1. The fraction of sp³-hybridized carbons (Fsp3) is 0.500. The molecule has 0 aliphatic carbocycles. The van der Waals surface area contributed by atoms with Crippen LogP contribution in [0.15, 0.2) is 30.3 Å². The first-order valence-electron chi connectivity index (χ1n) is 8.81. The molecule has 10 heteroatoms. The molecule has 2 atom stereocenters. The van der Waals surface area contributed by atoms with Crippen LogP contribution >= 0.6 is 0 Å². The van der Waals surface area contributed by atoms with Gasteiger partial charge in [-0.15, -0.1) is 0 Å². The number of hydrogen-bond donors (Lipinski definition) is 4. The second kappa shape index (κ2) is 11.3. The Labute approximate surface area is 161 Å². The number of halogens is 3. The monoisotopic (exact) mass is 402 g/mol. The lowest BCUT2D eigenvalue weighted by Gasteiger charge is -2.20. The summed E-state index contributed by atoms with van der Waals surface area (Å²) in [5, 5.41) is 6.84. The molecule has 0 radical (unpaired) electrons. The van der Waals surface area contributed by atoms with Crippen molar-refractivity contribution in [1.82, 2.24) is 16.0 Å². The molecule has 3 amide bonds. The third-order valence-corrected chi connectivity index (χ3v) is 3.98. The van der Waals surface area contributed by atoms with Gasteiger partial charge in [-0.3, -0.25) is 14.4 Å². The van der Waals surface area contributed by atoms with E-state index in [0.717, 1.165) is 5.56 Å². The maximum Gasteiger partial charge on any atom is 0.471 e. The lowest BCUT2D eigenvalue weighted by Crippen LogP contribution is -2.52. The van der Waals surface area contributed by atoms with Gasteiger partial charge in [0, 0.05) is 20.0 Å². The van der Waals surface area contributed by atoms with E-state index in [2.05, 4.69) is 10.6 Å². The Hall–Kier alpha value is -2.62. The van der Waals surface area contributed by atoms with E-state index in [4.69, 9.17) is 5.73 Å². The summed E-state index contributed by atoms with van der Waals surface area (Å²) >= 11 is 0. The molecule has 1 aromatic rings. The molecule has 0 heterocycles. The molecule has 0 aliphatic heterocycles. The number of alkyl halides is 3. The lowest BCUT2D eigenvalue weighted by atomic mass is 10.0. The Morgan fingerprint density at radius 2 is 1.71 bits per heavy atom. The largest absolute Gasteiger partial charge is 0.471 e. The number of carbonyl (C=O) groups excluding carboxylic acids is 3. The molecule has 1 rings (SSSR count). The number of amides is 3. The Kier molecular flexibility index (Phi) is 9.43. The van der Waals surface area contributed by atoms with Crippen molar-refractivity contribution in [2.24, 2.45) is 5.73 Å². The lowest BCUT2D eigenvalue weighted by molar-refractivity contribution is -0.173. The van der Waals surface area contributed by atoms with Crippen LogP contribution in [0.25, 0.3) is 0 Å². The van der Waals surface area contributed by atoms with Crippen molar-refractivity contribution in [3.8, 4) is 0 Å². The summed E-state index contributed by atoms with van der Waals surface area (Å²) in [6.07, 6.45) is -3.83. The van der Waals surface area contributed by atoms with Crippen molar-refractivity contribution in [3.05, 3.63) is 35.9 Å². The average Bonchev–Trinajstić information content (AvgIpc) is 2.66. The Morgan fingerprint density at radius 3 is 2.29 bits per heavy atom. The summed E-state index contributed by atoms with van der Waals surface area (Å²) in [5.41, 5.74) is 6.67. The maximum absolute atomic E-state index is 12.2. The first kappa shape index (κ1) is 23.4. The van der Waals surface area contributed by atoms with Crippen molar-refractivity contribution in [1.29, 1.82) is 0 Å². The average molecular weight is 402 g/mol. The van der Waals surface area contributed by atoms with Crippen LogP contribution < -0.4 is 21.7 Å². The molecule has 0 spiro atoms. The van der Waals surface area contributed by atoms with E-state index in [1.165, 1.54) is 7.05 Å². The molecular weight excluding hydrogens is 377 g/mol. The van der Waals surface area contributed by atoms with Gasteiger partial charge in [0.25, 0.3) is 0 Å². The Bertz CT molecular complexity index is 653. The smallest absolute Gasteiger partial charge is 0.357 e. The first-order chi connectivity index (χ1) is 13.1. The first-order valence-corrected chi connectivity index (χ1v) is 8.81. The fourth-order valence-corrected chi connectivity index (χ4v) is 2.43. The van der Waals surface area contributed by atoms with E-state index in [1.54, 1.807) is 5.32 Å². The van der Waals surface area contributed by atoms with E-state index < -0.39 is 30.1 Å². The highest BCUT2D eigenvalue weighted by Crippen LogP contribution is 2.14. The fourth-order valence-electron chi connectivity index (χ4n) is 2.43. The molecule has 0 saturated carbocycles. The van der Waals surface area contributed by atoms with Crippen LogP contribution in [0.2, 0.25) is 0 Å². The predicted octanol–water partition coefficient (Wildman–Crippen LogP) is 0.636. The van der Waals surface area contributed by atoms with Crippen LogP contribution in [0, 0.1) is 0 Å².